The third kappa shape index (κ3) is 4.39. The number of carbonyl (C=O) groups is 1. The first kappa shape index (κ1) is 11.4. The van der Waals surface area contributed by atoms with Crippen molar-refractivity contribution < 1.29 is 9.90 Å². The smallest absolute Gasteiger partial charge is 0.306 e. The molecule has 0 aromatic carbocycles. The number of nitrogens with one attached hydrogen (secondary N) is 1. The fourth-order valence-electron chi connectivity index (χ4n) is 1.14. The summed E-state index contributed by atoms with van der Waals surface area (Å²) in [6, 6.07) is 1.78. The van der Waals surface area contributed by atoms with Gasteiger partial charge in [0.1, 0.15) is 12.1 Å². The van der Waals surface area contributed by atoms with E-state index in [1.165, 1.54) is 6.33 Å². The first-order valence-corrected chi connectivity index (χ1v) is 4.93. The molecule has 15 heavy (non-hydrogen) atoms. The molecule has 1 unspecified atom stereocenters. The van der Waals surface area contributed by atoms with Crippen molar-refractivity contribution in [1.29, 1.82) is 0 Å². The number of carboxylic acid groups (broad SMARTS) is 1. The number of carboxylic acids is 1. The number of nitrogens with zero attached hydrogens (tertiary/aromatic N) is 2. The Labute approximate surface area is 88.6 Å². The minimum Gasteiger partial charge on any atom is -0.481 e. The summed E-state index contributed by atoms with van der Waals surface area (Å²) in [5, 5.41) is 11.8. The molecular formula is C10H15N3O2. The Hall–Kier alpha value is -1.65. The molecule has 0 saturated heterocycles. The number of rotatable bonds is 6. The van der Waals surface area contributed by atoms with Gasteiger partial charge in [0.25, 0.3) is 0 Å². The molecule has 1 aromatic heterocycles. The molecule has 0 bridgehead atoms. The Morgan fingerprint density at radius 2 is 2.47 bits per heavy atom. The van der Waals surface area contributed by atoms with Gasteiger partial charge in [0.2, 0.25) is 0 Å². The zero-order chi connectivity index (χ0) is 11.1. The van der Waals surface area contributed by atoms with Crippen molar-refractivity contribution in [2.24, 2.45) is 5.92 Å². The Morgan fingerprint density at radius 1 is 1.67 bits per heavy atom. The lowest BCUT2D eigenvalue weighted by molar-refractivity contribution is -0.141. The lowest BCUT2D eigenvalue weighted by Gasteiger charge is -2.07. The molecule has 1 heterocycles. The maximum absolute atomic E-state index is 10.5. The summed E-state index contributed by atoms with van der Waals surface area (Å²) in [7, 11) is 0. The highest BCUT2D eigenvalue weighted by molar-refractivity contribution is 5.69. The topological polar surface area (TPSA) is 75.1 Å². The Kier molecular flexibility index (Phi) is 4.53. The summed E-state index contributed by atoms with van der Waals surface area (Å²) in [6.07, 6.45) is 4.63. The second-order valence-corrected chi connectivity index (χ2v) is 3.40. The maximum Gasteiger partial charge on any atom is 0.306 e. The minimum absolute atomic E-state index is 0.280. The monoisotopic (exact) mass is 209 g/mol. The van der Waals surface area contributed by atoms with Gasteiger partial charge < -0.3 is 10.4 Å². The number of hydrogen-bond acceptors (Lipinski definition) is 4. The molecule has 0 fully saturated rings. The highest BCUT2D eigenvalue weighted by Gasteiger charge is 2.09. The lowest BCUT2D eigenvalue weighted by Crippen LogP contribution is -2.11. The first-order chi connectivity index (χ1) is 7.20. The van der Waals surface area contributed by atoms with Crippen LogP contribution in [0.4, 0.5) is 5.82 Å². The van der Waals surface area contributed by atoms with E-state index in [2.05, 4.69) is 15.3 Å². The van der Waals surface area contributed by atoms with Gasteiger partial charge in [0.05, 0.1) is 5.92 Å². The molecule has 0 spiro atoms. The van der Waals surface area contributed by atoms with Gasteiger partial charge in [-0.25, -0.2) is 9.97 Å². The second kappa shape index (κ2) is 5.95. The Bertz CT molecular complexity index is 303. The molecule has 2 N–H and O–H groups in total. The van der Waals surface area contributed by atoms with E-state index in [9.17, 15) is 4.79 Å². The van der Waals surface area contributed by atoms with E-state index in [-0.39, 0.29) is 5.92 Å². The van der Waals surface area contributed by atoms with E-state index >= 15 is 0 Å². The highest BCUT2D eigenvalue weighted by Crippen LogP contribution is 2.06. The van der Waals surface area contributed by atoms with Crippen molar-refractivity contribution in [3.8, 4) is 0 Å². The fourth-order valence-corrected chi connectivity index (χ4v) is 1.14. The molecule has 0 aliphatic heterocycles. The van der Waals surface area contributed by atoms with Crippen LogP contribution in [0.5, 0.6) is 0 Å². The van der Waals surface area contributed by atoms with E-state index in [0.29, 0.717) is 6.42 Å². The van der Waals surface area contributed by atoms with Gasteiger partial charge in [-0.3, -0.25) is 4.79 Å². The van der Waals surface area contributed by atoms with Crippen LogP contribution < -0.4 is 5.32 Å². The third-order valence-electron chi connectivity index (χ3n) is 2.12. The van der Waals surface area contributed by atoms with Gasteiger partial charge in [0.15, 0.2) is 0 Å². The van der Waals surface area contributed by atoms with Crippen LogP contribution in [0.25, 0.3) is 0 Å². The summed E-state index contributed by atoms with van der Waals surface area (Å²) in [5.74, 6) is -0.248. The average molecular weight is 209 g/mol. The Morgan fingerprint density at radius 3 is 3.07 bits per heavy atom. The minimum atomic E-state index is -0.739. The van der Waals surface area contributed by atoms with Crippen molar-refractivity contribution in [1.82, 2.24) is 9.97 Å². The van der Waals surface area contributed by atoms with Crippen molar-refractivity contribution in [2.75, 3.05) is 11.9 Å². The van der Waals surface area contributed by atoms with Crippen LogP contribution in [-0.4, -0.2) is 27.6 Å². The molecule has 0 aliphatic rings. The standard InChI is InChI=1S/C10H15N3O2/c1-8(10(14)15)3-2-5-12-9-4-6-11-7-13-9/h4,6-8H,2-3,5H2,1H3,(H,14,15)(H,11,12,13). The molecule has 1 aromatic rings. The molecule has 5 heteroatoms. The highest BCUT2D eigenvalue weighted by atomic mass is 16.4. The number of hydrogen-bond donors (Lipinski definition) is 2. The maximum atomic E-state index is 10.5. The van der Waals surface area contributed by atoms with Gasteiger partial charge >= 0.3 is 5.97 Å². The summed E-state index contributed by atoms with van der Waals surface area (Å²) < 4.78 is 0. The van der Waals surface area contributed by atoms with Crippen LogP contribution in [0, 0.1) is 5.92 Å². The molecule has 1 atom stereocenters. The predicted molar refractivity (Wildman–Crippen MR) is 56.6 cm³/mol. The van der Waals surface area contributed by atoms with Crippen LogP contribution in [0.2, 0.25) is 0 Å². The molecule has 5 nitrogen and oxygen atoms in total. The average Bonchev–Trinajstić information content (AvgIpc) is 2.25. The van der Waals surface area contributed by atoms with E-state index in [0.717, 1.165) is 18.8 Å². The van der Waals surface area contributed by atoms with Gasteiger partial charge in [-0.1, -0.05) is 6.92 Å². The largest absolute Gasteiger partial charge is 0.481 e. The number of aromatic nitrogens is 2. The summed E-state index contributed by atoms with van der Waals surface area (Å²) in [5.41, 5.74) is 0. The van der Waals surface area contributed by atoms with Crippen LogP contribution >= 0.6 is 0 Å². The third-order valence-corrected chi connectivity index (χ3v) is 2.12. The van der Waals surface area contributed by atoms with E-state index < -0.39 is 5.97 Å². The summed E-state index contributed by atoms with van der Waals surface area (Å²) in [4.78, 5) is 18.3. The van der Waals surface area contributed by atoms with E-state index in [4.69, 9.17) is 5.11 Å². The number of anilines is 1. The second-order valence-electron chi connectivity index (χ2n) is 3.40. The van der Waals surface area contributed by atoms with E-state index in [1.807, 2.05) is 0 Å². The van der Waals surface area contributed by atoms with Crippen molar-refractivity contribution in [3.05, 3.63) is 18.6 Å². The molecule has 0 saturated carbocycles. The van der Waals surface area contributed by atoms with Gasteiger partial charge in [-0.05, 0) is 18.9 Å². The fraction of sp³-hybridized carbons (Fsp3) is 0.500. The SMILES string of the molecule is CC(CCCNc1ccncn1)C(=O)O. The predicted octanol–water partition coefficient (Wildman–Crippen LogP) is 1.39. The van der Waals surface area contributed by atoms with Gasteiger partial charge in [0, 0.05) is 12.7 Å². The molecule has 1 rings (SSSR count). The molecule has 0 aliphatic carbocycles. The summed E-state index contributed by atoms with van der Waals surface area (Å²) >= 11 is 0. The van der Waals surface area contributed by atoms with Crippen LogP contribution in [0.3, 0.4) is 0 Å². The van der Waals surface area contributed by atoms with Crippen LogP contribution in [-0.2, 0) is 4.79 Å². The van der Waals surface area contributed by atoms with Gasteiger partial charge in [-0.15, -0.1) is 0 Å². The Balaban J connectivity index is 2.15. The van der Waals surface area contributed by atoms with Crippen molar-refractivity contribution >= 4 is 11.8 Å². The molecule has 0 radical (unpaired) electrons. The van der Waals surface area contributed by atoms with E-state index in [1.54, 1.807) is 19.2 Å². The molecule has 0 amide bonds. The zero-order valence-corrected chi connectivity index (χ0v) is 8.68. The van der Waals surface area contributed by atoms with Crippen LogP contribution in [0.15, 0.2) is 18.6 Å². The van der Waals surface area contributed by atoms with Crippen molar-refractivity contribution in [2.45, 2.75) is 19.8 Å². The summed E-state index contributed by atoms with van der Waals surface area (Å²) in [6.45, 7) is 2.45. The first-order valence-electron chi connectivity index (χ1n) is 4.93. The quantitative estimate of drug-likeness (QED) is 0.692. The van der Waals surface area contributed by atoms with Crippen molar-refractivity contribution in [3.63, 3.8) is 0 Å². The number of aliphatic carboxylic acids is 1. The van der Waals surface area contributed by atoms with Gasteiger partial charge in [-0.2, -0.15) is 0 Å². The zero-order valence-electron chi connectivity index (χ0n) is 8.68. The van der Waals surface area contributed by atoms with Crippen LogP contribution in [0.1, 0.15) is 19.8 Å². The lowest BCUT2D eigenvalue weighted by atomic mass is 10.1. The molecular weight excluding hydrogens is 194 g/mol. The normalized spacial score (nSPS) is 12.1. The molecule has 82 valence electrons.